The van der Waals surface area contributed by atoms with Crippen molar-refractivity contribution in [2.24, 2.45) is 5.92 Å². The third-order valence-corrected chi connectivity index (χ3v) is 8.52. The molecular formula is C27H28B6FNO. The number of furan rings is 1. The molecule has 0 bridgehead atoms. The van der Waals surface area contributed by atoms with Crippen LogP contribution < -0.4 is 21.9 Å². The van der Waals surface area contributed by atoms with Gasteiger partial charge in [0, 0.05) is 22.5 Å². The smallest absolute Gasteiger partial charge is 0.146 e. The topological polar surface area (TPSA) is 26.0 Å². The average molecular weight is 466 g/mol. The van der Waals surface area contributed by atoms with Gasteiger partial charge in [-0.25, -0.2) is 4.39 Å². The number of nitrogens with zero attached hydrogens (tertiary/aromatic N) is 1. The molecule has 0 saturated heterocycles. The first-order valence-electron chi connectivity index (χ1n) is 12.7. The van der Waals surface area contributed by atoms with Gasteiger partial charge in [0.2, 0.25) is 0 Å². The van der Waals surface area contributed by atoms with Crippen molar-refractivity contribution in [2.75, 3.05) is 0 Å². The molecule has 36 heavy (non-hydrogen) atoms. The number of para-hydroxylation sites is 1. The van der Waals surface area contributed by atoms with Crippen LogP contribution in [0.4, 0.5) is 4.39 Å². The van der Waals surface area contributed by atoms with Gasteiger partial charge < -0.3 is 4.42 Å². The Morgan fingerprint density at radius 2 is 1.44 bits per heavy atom. The molecule has 172 valence electrons. The Labute approximate surface area is 217 Å². The molecule has 0 amide bonds. The van der Waals surface area contributed by atoms with Crippen LogP contribution in [0.15, 0.2) is 59.1 Å². The van der Waals surface area contributed by atoms with Crippen molar-refractivity contribution in [3.8, 4) is 22.4 Å². The summed E-state index contributed by atoms with van der Waals surface area (Å²) in [5.74, 6) is 0.210. The first-order chi connectivity index (χ1) is 17.1. The van der Waals surface area contributed by atoms with Gasteiger partial charge in [0.25, 0.3) is 0 Å². The van der Waals surface area contributed by atoms with E-state index in [9.17, 15) is 0 Å². The van der Waals surface area contributed by atoms with Crippen LogP contribution in [0.1, 0.15) is 19.4 Å². The second-order valence-electron chi connectivity index (χ2n) is 10.9. The minimum Gasteiger partial charge on any atom is -0.455 e. The summed E-state index contributed by atoms with van der Waals surface area (Å²) in [6.07, 6.45) is 1.78. The monoisotopic (exact) mass is 467 g/mol. The van der Waals surface area contributed by atoms with Crippen LogP contribution in [0, 0.1) is 11.7 Å². The van der Waals surface area contributed by atoms with E-state index in [0.29, 0.717) is 17.1 Å². The highest BCUT2D eigenvalue weighted by atomic mass is 19.1. The van der Waals surface area contributed by atoms with E-state index in [-0.39, 0.29) is 11.0 Å². The molecule has 0 aliphatic rings. The molecule has 0 radical (unpaired) electrons. The van der Waals surface area contributed by atoms with Gasteiger partial charge in [-0.1, -0.05) is 70.6 Å². The number of halogens is 1. The number of hydrogen-bond acceptors (Lipinski definition) is 2. The number of aromatic nitrogens is 1. The molecule has 3 aromatic carbocycles. The lowest BCUT2D eigenvalue weighted by Crippen LogP contribution is -2.53. The van der Waals surface area contributed by atoms with Gasteiger partial charge in [-0.2, -0.15) is 0 Å². The molecule has 5 rings (SSSR count). The average Bonchev–Trinajstić information content (AvgIpc) is 3.23. The van der Waals surface area contributed by atoms with Crippen molar-refractivity contribution in [2.45, 2.75) is 19.1 Å². The maximum absolute atomic E-state index is 15.8. The molecule has 0 N–H and O–H groups in total. The molecule has 0 unspecified atom stereocenters. The maximum atomic E-state index is 15.8. The van der Waals surface area contributed by atoms with Crippen molar-refractivity contribution >= 4 is 90.9 Å². The molecule has 0 fully saturated rings. The van der Waals surface area contributed by atoms with E-state index in [1.165, 1.54) is 16.5 Å². The number of pyridine rings is 1. The van der Waals surface area contributed by atoms with Crippen LogP contribution in [0.3, 0.4) is 0 Å². The summed E-state index contributed by atoms with van der Waals surface area (Å²) < 4.78 is 22.3. The molecular weight excluding hydrogens is 438 g/mol. The van der Waals surface area contributed by atoms with E-state index in [4.69, 9.17) is 4.42 Å². The van der Waals surface area contributed by atoms with Gasteiger partial charge in [0.1, 0.15) is 64.1 Å². The number of fused-ring (bicyclic) bond motifs is 3. The Balaban J connectivity index is 1.86. The van der Waals surface area contributed by atoms with Crippen molar-refractivity contribution in [1.82, 2.24) is 4.98 Å². The van der Waals surface area contributed by atoms with E-state index < -0.39 is 0 Å². The van der Waals surface area contributed by atoms with Crippen LogP contribution in [0.5, 0.6) is 0 Å². The van der Waals surface area contributed by atoms with Gasteiger partial charge in [0.15, 0.2) is 0 Å². The van der Waals surface area contributed by atoms with Crippen LogP contribution in [0.2, 0.25) is 0 Å². The molecule has 2 heterocycles. The van der Waals surface area contributed by atoms with E-state index >= 15 is 4.39 Å². The number of rotatable bonds is 4. The standard InChI is InChI=1S/C27H28B6FNO/c1-12(2)27(32,33)20-23(30)21(28)19(22(29)24(20)31)18-16(34)10-9-14-13-6-5-7-15(25(13)36-26(14)18)17-8-3-4-11-35-17/h3-12H,28-33H2,1-2H3. The van der Waals surface area contributed by atoms with E-state index in [1.807, 2.05) is 42.5 Å². The third kappa shape index (κ3) is 3.58. The van der Waals surface area contributed by atoms with Crippen LogP contribution in [-0.4, -0.2) is 52.1 Å². The Hall–Kier alpha value is -3.07. The molecule has 2 nitrogen and oxygen atoms in total. The highest BCUT2D eigenvalue weighted by Gasteiger charge is 2.31. The molecule has 5 aromatic rings. The lowest BCUT2D eigenvalue weighted by atomic mass is 9.41. The molecule has 9 heteroatoms. The SMILES string of the molecule is Bc1c(B)c(C(B)(B)C(C)C)c(B)c(B)c1-c1c(F)ccc2c1oc1c(-c3ccccn3)cccc12. The third-order valence-electron chi connectivity index (χ3n) is 8.52. The predicted octanol–water partition coefficient (Wildman–Crippen LogP) is -1.44. The molecule has 0 aliphatic carbocycles. The minimum atomic E-state index is -0.262. The zero-order valence-corrected chi connectivity index (χ0v) is 22.5. The van der Waals surface area contributed by atoms with Crippen molar-refractivity contribution < 1.29 is 8.81 Å². The van der Waals surface area contributed by atoms with E-state index in [1.54, 1.807) is 12.3 Å². The second-order valence-corrected chi connectivity index (χ2v) is 10.9. The van der Waals surface area contributed by atoms with Crippen molar-refractivity contribution in [1.29, 1.82) is 0 Å². The van der Waals surface area contributed by atoms with Gasteiger partial charge in [0.05, 0.1) is 11.3 Å². The quantitative estimate of drug-likeness (QED) is 0.304. The Morgan fingerprint density at radius 3 is 2.06 bits per heavy atom. The fourth-order valence-electron chi connectivity index (χ4n) is 5.74. The highest BCUT2D eigenvalue weighted by molar-refractivity contribution is 6.62. The highest BCUT2D eigenvalue weighted by Crippen LogP contribution is 2.39. The largest absolute Gasteiger partial charge is 0.455 e. The van der Waals surface area contributed by atoms with Gasteiger partial charge >= 0.3 is 0 Å². The Kier molecular flexibility index (Phi) is 6.01. The molecule has 0 spiro atoms. The second kappa shape index (κ2) is 8.80. The van der Waals surface area contributed by atoms with E-state index in [0.717, 1.165) is 44.1 Å². The first-order valence-corrected chi connectivity index (χ1v) is 12.7. The summed E-state index contributed by atoms with van der Waals surface area (Å²) in [4.78, 5) is 4.53. The number of hydrogen-bond donors (Lipinski definition) is 0. The summed E-state index contributed by atoms with van der Waals surface area (Å²) in [7, 11) is 13.2. The fourth-order valence-corrected chi connectivity index (χ4v) is 5.74. The maximum Gasteiger partial charge on any atom is 0.146 e. The summed E-state index contributed by atoms with van der Waals surface area (Å²) >= 11 is 0. The summed E-state index contributed by atoms with van der Waals surface area (Å²) in [6.45, 7) is 4.54. The van der Waals surface area contributed by atoms with E-state index in [2.05, 4.69) is 65.9 Å². The Bertz CT molecular complexity index is 1620. The summed E-state index contributed by atoms with van der Waals surface area (Å²) in [6, 6.07) is 15.3. The van der Waals surface area contributed by atoms with Crippen LogP contribution in [0.25, 0.3) is 44.3 Å². The normalized spacial score (nSPS) is 12.1. The van der Waals surface area contributed by atoms with Gasteiger partial charge in [-0.3, -0.25) is 4.98 Å². The predicted molar refractivity (Wildman–Crippen MR) is 169 cm³/mol. The summed E-state index contributed by atoms with van der Waals surface area (Å²) in [5, 5.41) is 1.89. The molecule has 0 saturated carbocycles. The van der Waals surface area contributed by atoms with Crippen molar-refractivity contribution in [3.05, 3.63) is 66.1 Å². The zero-order chi connectivity index (χ0) is 25.9. The van der Waals surface area contributed by atoms with Gasteiger partial charge in [-0.05, 0) is 35.9 Å². The van der Waals surface area contributed by atoms with Gasteiger partial charge in [-0.15, -0.1) is 0 Å². The van der Waals surface area contributed by atoms with Crippen LogP contribution in [-0.2, 0) is 5.21 Å². The molecule has 0 atom stereocenters. The fraction of sp³-hybridized carbons (Fsp3) is 0.148. The summed E-state index contributed by atoms with van der Waals surface area (Å²) in [5.41, 5.74) is 10.6. The molecule has 2 aromatic heterocycles. The van der Waals surface area contributed by atoms with Crippen LogP contribution >= 0.6 is 0 Å². The zero-order valence-electron chi connectivity index (χ0n) is 22.5. The number of benzene rings is 3. The lowest BCUT2D eigenvalue weighted by molar-refractivity contribution is 0.575. The Morgan fingerprint density at radius 1 is 0.778 bits per heavy atom. The lowest BCUT2D eigenvalue weighted by Gasteiger charge is -2.36. The molecule has 0 aliphatic heterocycles. The first kappa shape index (κ1) is 24.6. The minimum absolute atomic E-state index is 0.00369. The van der Waals surface area contributed by atoms with Crippen molar-refractivity contribution in [3.63, 3.8) is 0 Å².